The third-order valence-electron chi connectivity index (χ3n) is 3.66. The topological polar surface area (TPSA) is 66.4 Å². The molecule has 0 unspecified atom stereocenters. The number of allylic oxidation sites excluding steroid dienone is 1. The van der Waals surface area contributed by atoms with E-state index in [2.05, 4.69) is 12.2 Å². The second-order valence-corrected chi connectivity index (χ2v) is 5.84. The van der Waals surface area contributed by atoms with E-state index in [1.54, 1.807) is 0 Å². The maximum atomic E-state index is 11.2. The van der Waals surface area contributed by atoms with Gasteiger partial charge in [-0.3, -0.25) is 9.59 Å². The molecule has 0 bridgehead atoms. The first-order valence-electron chi connectivity index (χ1n) is 8.83. The maximum absolute atomic E-state index is 11.2. The van der Waals surface area contributed by atoms with E-state index in [1.807, 2.05) is 6.08 Å². The molecule has 0 spiro atoms. The Morgan fingerprint density at radius 3 is 1.86 bits per heavy atom. The molecule has 4 nitrogen and oxygen atoms in total. The Morgan fingerprint density at radius 1 is 0.864 bits per heavy atom. The van der Waals surface area contributed by atoms with Gasteiger partial charge in [0.25, 0.3) is 0 Å². The van der Waals surface area contributed by atoms with Crippen molar-refractivity contribution in [3.8, 4) is 0 Å². The minimum Gasteiger partial charge on any atom is -0.480 e. The van der Waals surface area contributed by atoms with Crippen LogP contribution in [0.1, 0.15) is 84.0 Å². The van der Waals surface area contributed by atoms with Crippen molar-refractivity contribution in [3.05, 3.63) is 12.2 Å². The molecule has 128 valence electrons. The number of carbonyl (C=O) groups excluding carboxylic acids is 1. The molecule has 0 aliphatic heterocycles. The molecule has 0 aromatic rings. The molecule has 0 saturated heterocycles. The van der Waals surface area contributed by atoms with Gasteiger partial charge in [0.15, 0.2) is 0 Å². The van der Waals surface area contributed by atoms with Crippen molar-refractivity contribution in [2.45, 2.75) is 84.0 Å². The van der Waals surface area contributed by atoms with Crippen LogP contribution in [0.5, 0.6) is 0 Å². The lowest BCUT2D eigenvalue weighted by atomic mass is 10.1. The van der Waals surface area contributed by atoms with E-state index >= 15 is 0 Å². The van der Waals surface area contributed by atoms with Crippen LogP contribution in [0, 0.1) is 0 Å². The third kappa shape index (κ3) is 16.7. The van der Waals surface area contributed by atoms with Crippen LogP contribution in [-0.4, -0.2) is 23.5 Å². The zero-order chi connectivity index (χ0) is 16.5. The maximum Gasteiger partial charge on any atom is 0.322 e. The molecule has 0 saturated carbocycles. The van der Waals surface area contributed by atoms with Gasteiger partial charge in [0, 0.05) is 0 Å². The van der Waals surface area contributed by atoms with Crippen LogP contribution in [0.2, 0.25) is 0 Å². The molecule has 1 amide bonds. The highest BCUT2D eigenvalue weighted by atomic mass is 16.4. The zero-order valence-corrected chi connectivity index (χ0v) is 14.1. The van der Waals surface area contributed by atoms with Crippen LogP contribution >= 0.6 is 0 Å². The molecular formula is C18H33NO3. The average Bonchev–Trinajstić information content (AvgIpc) is 2.49. The number of nitrogens with one attached hydrogen (secondary N) is 1. The Hall–Kier alpha value is -1.32. The van der Waals surface area contributed by atoms with Crippen molar-refractivity contribution in [3.63, 3.8) is 0 Å². The molecule has 0 rings (SSSR count). The van der Waals surface area contributed by atoms with Crippen LogP contribution in [0.4, 0.5) is 0 Å². The second-order valence-electron chi connectivity index (χ2n) is 5.84. The summed E-state index contributed by atoms with van der Waals surface area (Å²) in [5.74, 6) is -1.35. The van der Waals surface area contributed by atoms with Gasteiger partial charge in [0.1, 0.15) is 6.54 Å². The number of carbonyl (C=O) groups is 2. The van der Waals surface area contributed by atoms with Crippen LogP contribution in [0.25, 0.3) is 0 Å². The SMILES string of the molecule is CCCCCCCCCCCCCC=CC(=O)NCC(=O)O. The van der Waals surface area contributed by atoms with Gasteiger partial charge < -0.3 is 10.4 Å². The van der Waals surface area contributed by atoms with Crippen molar-refractivity contribution in [1.29, 1.82) is 0 Å². The Bertz CT molecular complexity index is 313. The summed E-state index contributed by atoms with van der Waals surface area (Å²) >= 11 is 0. The number of hydrogen-bond donors (Lipinski definition) is 2. The summed E-state index contributed by atoms with van der Waals surface area (Å²) in [6, 6.07) is 0. The molecule has 2 N–H and O–H groups in total. The fraction of sp³-hybridized carbons (Fsp3) is 0.778. The van der Waals surface area contributed by atoms with Gasteiger partial charge in [-0.2, -0.15) is 0 Å². The number of aliphatic carboxylic acids is 1. The summed E-state index contributed by atoms with van der Waals surface area (Å²) in [5.41, 5.74) is 0. The van der Waals surface area contributed by atoms with E-state index in [0.717, 1.165) is 12.8 Å². The van der Waals surface area contributed by atoms with E-state index in [-0.39, 0.29) is 12.5 Å². The van der Waals surface area contributed by atoms with E-state index in [1.165, 1.54) is 70.3 Å². The van der Waals surface area contributed by atoms with Crippen molar-refractivity contribution in [2.24, 2.45) is 0 Å². The molecule has 0 fully saturated rings. The highest BCUT2D eigenvalue weighted by Crippen LogP contribution is 2.11. The number of unbranched alkanes of at least 4 members (excludes halogenated alkanes) is 11. The van der Waals surface area contributed by atoms with Gasteiger partial charge >= 0.3 is 5.97 Å². The predicted molar refractivity (Wildman–Crippen MR) is 90.9 cm³/mol. The molecule has 0 atom stereocenters. The largest absolute Gasteiger partial charge is 0.480 e. The van der Waals surface area contributed by atoms with Gasteiger partial charge in [-0.1, -0.05) is 77.2 Å². The Kier molecular flexibility index (Phi) is 15.1. The van der Waals surface area contributed by atoms with Gasteiger partial charge in [-0.15, -0.1) is 0 Å². The first-order valence-corrected chi connectivity index (χ1v) is 8.83. The average molecular weight is 311 g/mol. The van der Waals surface area contributed by atoms with Crippen LogP contribution in [0.15, 0.2) is 12.2 Å². The highest BCUT2D eigenvalue weighted by Gasteiger charge is 1.98. The van der Waals surface area contributed by atoms with Crippen LogP contribution < -0.4 is 5.32 Å². The number of rotatable bonds is 15. The molecule has 0 radical (unpaired) electrons. The summed E-state index contributed by atoms with van der Waals surface area (Å²) in [4.78, 5) is 21.4. The molecule has 0 heterocycles. The van der Waals surface area contributed by atoms with Crippen molar-refractivity contribution in [1.82, 2.24) is 5.32 Å². The molecule has 0 aromatic carbocycles. The molecular weight excluding hydrogens is 278 g/mol. The first kappa shape index (κ1) is 20.7. The second kappa shape index (κ2) is 16.1. The van der Waals surface area contributed by atoms with E-state index < -0.39 is 5.97 Å². The lowest BCUT2D eigenvalue weighted by Crippen LogP contribution is -2.27. The monoisotopic (exact) mass is 311 g/mol. The third-order valence-corrected chi connectivity index (χ3v) is 3.66. The Balaban J connectivity index is 3.22. The standard InChI is InChI=1S/C18H33NO3/c1-2-3-4-5-6-7-8-9-10-11-12-13-14-15-17(20)19-16-18(21)22/h14-15H,2-13,16H2,1H3,(H,19,20)(H,21,22). The molecule has 0 aliphatic carbocycles. The lowest BCUT2D eigenvalue weighted by Gasteiger charge is -2.01. The lowest BCUT2D eigenvalue weighted by molar-refractivity contribution is -0.137. The highest BCUT2D eigenvalue weighted by molar-refractivity contribution is 5.89. The molecule has 0 aromatic heterocycles. The first-order chi connectivity index (χ1) is 10.7. The zero-order valence-electron chi connectivity index (χ0n) is 14.1. The smallest absolute Gasteiger partial charge is 0.322 e. The summed E-state index contributed by atoms with van der Waals surface area (Å²) in [5, 5.41) is 10.7. The summed E-state index contributed by atoms with van der Waals surface area (Å²) in [7, 11) is 0. The number of amides is 1. The fourth-order valence-electron chi connectivity index (χ4n) is 2.34. The van der Waals surface area contributed by atoms with Crippen molar-refractivity contribution < 1.29 is 14.7 Å². The Morgan fingerprint density at radius 2 is 1.36 bits per heavy atom. The quantitative estimate of drug-likeness (QED) is 0.347. The normalized spacial score (nSPS) is 11.0. The van der Waals surface area contributed by atoms with Gasteiger partial charge in [0.05, 0.1) is 0 Å². The van der Waals surface area contributed by atoms with Crippen LogP contribution in [-0.2, 0) is 9.59 Å². The minimum absolute atomic E-state index is 0.318. The summed E-state index contributed by atoms with van der Waals surface area (Å²) in [6.07, 6.45) is 18.6. The van der Waals surface area contributed by atoms with Gasteiger partial charge in [-0.25, -0.2) is 0 Å². The summed E-state index contributed by atoms with van der Waals surface area (Å²) < 4.78 is 0. The Labute approximate surface area is 135 Å². The number of carboxylic acids is 1. The molecule has 4 heteroatoms. The number of hydrogen-bond acceptors (Lipinski definition) is 2. The van der Waals surface area contributed by atoms with Crippen LogP contribution in [0.3, 0.4) is 0 Å². The number of carboxylic acid groups (broad SMARTS) is 1. The van der Waals surface area contributed by atoms with Gasteiger partial charge in [-0.05, 0) is 18.9 Å². The molecule has 0 aliphatic rings. The van der Waals surface area contributed by atoms with E-state index in [4.69, 9.17) is 5.11 Å². The van der Waals surface area contributed by atoms with Crippen molar-refractivity contribution in [2.75, 3.05) is 6.54 Å². The minimum atomic E-state index is -1.02. The fourth-order valence-corrected chi connectivity index (χ4v) is 2.34. The van der Waals surface area contributed by atoms with E-state index in [0.29, 0.717) is 0 Å². The molecule has 22 heavy (non-hydrogen) atoms. The summed E-state index contributed by atoms with van der Waals surface area (Å²) in [6.45, 7) is 1.93. The van der Waals surface area contributed by atoms with E-state index in [9.17, 15) is 9.59 Å². The predicted octanol–water partition coefficient (Wildman–Crippen LogP) is 4.44. The van der Waals surface area contributed by atoms with Crippen molar-refractivity contribution >= 4 is 11.9 Å². The van der Waals surface area contributed by atoms with Gasteiger partial charge in [0.2, 0.25) is 5.91 Å².